The van der Waals surface area contributed by atoms with Crippen LogP contribution in [-0.4, -0.2) is 24.1 Å². The first-order chi connectivity index (χ1) is 30.7. The fourth-order valence-corrected chi connectivity index (χ4v) is 10.8. The molecule has 0 unspecified atom stereocenters. The van der Waals surface area contributed by atoms with Crippen molar-refractivity contribution in [3.63, 3.8) is 0 Å². The number of para-hydroxylation sites is 1. The largest absolute Gasteiger partial charge is 0.309 e. The Hall–Kier alpha value is -6.85. The summed E-state index contributed by atoms with van der Waals surface area (Å²) >= 11 is 0. The zero-order valence-electron chi connectivity index (χ0n) is 35.1. The van der Waals surface area contributed by atoms with Crippen LogP contribution in [0.1, 0.15) is 87.2 Å². The van der Waals surface area contributed by atoms with E-state index in [9.17, 15) is 0 Å². The van der Waals surface area contributed by atoms with Gasteiger partial charge in [0, 0.05) is 49.6 Å². The average molecular weight is 804 g/mol. The number of hydrogen-bond acceptors (Lipinski definition) is 3. The molecule has 3 aromatic heterocycles. The smallest absolute Gasteiger partial charge is 0.164 e. The van der Waals surface area contributed by atoms with Gasteiger partial charge in [-0.2, -0.15) is 0 Å². The number of aromatic nitrogens is 5. The standard InChI is InChI=1S/C57H49N5/c1-5-15-38(16-6-1)43-27-32-52-48(35-43)49-36-44(39-17-7-2-8-18-39)28-33-53(49)62(52)46-31-34-54-50(37-46)47-23-13-14-24-51(47)61(54)45-29-25-42(26-30-45)57-59-55(40-19-9-3-10-20-40)58-56(60-57)41-21-11-4-12-22-41/h3-4,9-14,19-39H,1-2,5-8,15-18H2. The van der Waals surface area contributed by atoms with Gasteiger partial charge in [0.15, 0.2) is 17.5 Å². The summed E-state index contributed by atoms with van der Waals surface area (Å²) in [7, 11) is 0. The number of fused-ring (bicyclic) bond motifs is 6. The minimum Gasteiger partial charge on any atom is -0.309 e. The zero-order valence-corrected chi connectivity index (χ0v) is 35.1. The second-order valence-corrected chi connectivity index (χ2v) is 17.7. The quantitative estimate of drug-likeness (QED) is 0.161. The van der Waals surface area contributed by atoms with Gasteiger partial charge in [-0.05, 0) is 121 Å². The summed E-state index contributed by atoms with van der Waals surface area (Å²) in [6, 6.07) is 59.7. The third-order valence-electron chi connectivity index (χ3n) is 14.0. The minimum absolute atomic E-state index is 0.652. The molecule has 62 heavy (non-hydrogen) atoms. The number of rotatable bonds is 7. The number of benzene rings is 7. The molecule has 2 saturated carbocycles. The molecule has 0 radical (unpaired) electrons. The molecule has 302 valence electrons. The highest BCUT2D eigenvalue weighted by Crippen LogP contribution is 2.42. The molecule has 0 amide bonds. The van der Waals surface area contributed by atoms with Crippen molar-refractivity contribution < 1.29 is 0 Å². The number of nitrogens with zero attached hydrogens (tertiary/aromatic N) is 5. The van der Waals surface area contributed by atoms with Gasteiger partial charge in [-0.1, -0.05) is 130 Å². The summed E-state index contributed by atoms with van der Waals surface area (Å²) < 4.78 is 4.93. The van der Waals surface area contributed by atoms with Crippen molar-refractivity contribution in [3.05, 3.63) is 175 Å². The molecule has 2 aliphatic rings. The molecular formula is C57H49N5. The molecule has 0 aliphatic heterocycles. The minimum atomic E-state index is 0.652. The fraction of sp³-hybridized carbons (Fsp3) is 0.211. The molecule has 0 bridgehead atoms. The van der Waals surface area contributed by atoms with E-state index < -0.39 is 0 Å². The maximum atomic E-state index is 4.99. The van der Waals surface area contributed by atoms with Crippen molar-refractivity contribution in [3.8, 4) is 45.5 Å². The normalized spacial score (nSPS) is 15.3. The van der Waals surface area contributed by atoms with Gasteiger partial charge in [0.25, 0.3) is 0 Å². The van der Waals surface area contributed by atoms with Gasteiger partial charge in [0.1, 0.15) is 0 Å². The molecule has 2 fully saturated rings. The van der Waals surface area contributed by atoms with Crippen LogP contribution in [0.3, 0.4) is 0 Å². The Labute approximate surface area is 362 Å². The van der Waals surface area contributed by atoms with Gasteiger partial charge >= 0.3 is 0 Å². The Morgan fingerprint density at radius 3 is 1.26 bits per heavy atom. The third kappa shape index (κ3) is 6.50. The van der Waals surface area contributed by atoms with Gasteiger partial charge < -0.3 is 9.13 Å². The summed E-state index contributed by atoms with van der Waals surface area (Å²) in [6.45, 7) is 0. The topological polar surface area (TPSA) is 48.5 Å². The molecule has 0 N–H and O–H groups in total. The average Bonchev–Trinajstić information content (AvgIpc) is 3.86. The molecule has 3 heterocycles. The van der Waals surface area contributed by atoms with E-state index in [4.69, 9.17) is 15.0 Å². The molecule has 12 rings (SSSR count). The summed E-state index contributed by atoms with van der Waals surface area (Å²) in [5.41, 5.74) is 13.2. The lowest BCUT2D eigenvalue weighted by molar-refractivity contribution is 0.444. The molecule has 5 nitrogen and oxygen atoms in total. The van der Waals surface area contributed by atoms with E-state index in [1.54, 1.807) is 0 Å². The third-order valence-corrected chi connectivity index (χ3v) is 14.0. The van der Waals surface area contributed by atoms with Gasteiger partial charge in [-0.15, -0.1) is 0 Å². The number of hydrogen-bond donors (Lipinski definition) is 0. The first kappa shape index (κ1) is 37.0. The lowest BCUT2D eigenvalue weighted by Gasteiger charge is -2.22. The van der Waals surface area contributed by atoms with Crippen LogP contribution in [0.5, 0.6) is 0 Å². The zero-order chi connectivity index (χ0) is 41.0. The monoisotopic (exact) mass is 803 g/mol. The lowest BCUT2D eigenvalue weighted by Crippen LogP contribution is -2.04. The molecule has 7 aromatic carbocycles. The molecule has 0 spiro atoms. The van der Waals surface area contributed by atoms with Gasteiger partial charge in [0.2, 0.25) is 0 Å². The lowest BCUT2D eigenvalue weighted by atomic mass is 9.83. The van der Waals surface area contributed by atoms with E-state index in [1.165, 1.54) is 125 Å². The van der Waals surface area contributed by atoms with Crippen LogP contribution in [0.25, 0.3) is 89.2 Å². The summed E-state index contributed by atoms with van der Waals surface area (Å²) in [5.74, 6) is 3.31. The second kappa shape index (κ2) is 15.6. The SMILES string of the molecule is c1ccc(-c2nc(-c3ccccc3)nc(-c3ccc(-n4c5ccccc5c5cc(-n6c7ccc(C8CCCCC8)cc7c7cc(C8CCCCC8)ccc76)ccc54)cc3)n2)cc1. The predicted octanol–water partition coefficient (Wildman–Crippen LogP) is 15.2. The van der Waals surface area contributed by atoms with Crippen LogP contribution in [0.4, 0.5) is 0 Å². The van der Waals surface area contributed by atoms with Crippen LogP contribution in [0.2, 0.25) is 0 Å². The molecule has 0 saturated heterocycles. The molecule has 2 aliphatic carbocycles. The van der Waals surface area contributed by atoms with Crippen molar-refractivity contribution in [1.82, 2.24) is 24.1 Å². The maximum absolute atomic E-state index is 4.99. The van der Waals surface area contributed by atoms with Crippen molar-refractivity contribution in [2.75, 3.05) is 0 Å². The highest BCUT2D eigenvalue weighted by molar-refractivity contribution is 6.12. The Morgan fingerprint density at radius 1 is 0.323 bits per heavy atom. The van der Waals surface area contributed by atoms with Gasteiger partial charge in [-0.3, -0.25) is 0 Å². The Kier molecular flexibility index (Phi) is 9.27. The van der Waals surface area contributed by atoms with E-state index in [1.807, 2.05) is 60.7 Å². The predicted molar refractivity (Wildman–Crippen MR) is 256 cm³/mol. The van der Waals surface area contributed by atoms with Gasteiger partial charge in [0.05, 0.1) is 22.1 Å². The van der Waals surface area contributed by atoms with E-state index in [2.05, 4.69) is 112 Å². The van der Waals surface area contributed by atoms with E-state index in [-0.39, 0.29) is 0 Å². The summed E-state index contributed by atoms with van der Waals surface area (Å²) in [4.78, 5) is 14.9. The highest BCUT2D eigenvalue weighted by atomic mass is 15.0. The van der Waals surface area contributed by atoms with Crippen molar-refractivity contribution in [1.29, 1.82) is 0 Å². The molecule has 5 heteroatoms. The Balaban J connectivity index is 0.971. The van der Waals surface area contributed by atoms with Crippen LogP contribution in [-0.2, 0) is 0 Å². The van der Waals surface area contributed by atoms with E-state index in [0.717, 1.165) is 22.4 Å². The Morgan fingerprint density at radius 2 is 0.726 bits per heavy atom. The molecule has 0 atom stereocenters. The fourth-order valence-electron chi connectivity index (χ4n) is 10.8. The first-order valence-electron chi connectivity index (χ1n) is 22.8. The van der Waals surface area contributed by atoms with E-state index in [0.29, 0.717) is 29.3 Å². The first-order valence-corrected chi connectivity index (χ1v) is 22.8. The van der Waals surface area contributed by atoms with Crippen LogP contribution in [0, 0.1) is 0 Å². The Bertz CT molecular complexity index is 3110. The van der Waals surface area contributed by atoms with Gasteiger partial charge in [-0.25, -0.2) is 15.0 Å². The maximum Gasteiger partial charge on any atom is 0.164 e. The second-order valence-electron chi connectivity index (χ2n) is 17.7. The molecule has 10 aromatic rings. The van der Waals surface area contributed by atoms with Crippen LogP contribution >= 0.6 is 0 Å². The summed E-state index contributed by atoms with van der Waals surface area (Å²) in [6.07, 6.45) is 13.4. The van der Waals surface area contributed by atoms with Crippen molar-refractivity contribution in [2.24, 2.45) is 0 Å². The molecular weight excluding hydrogens is 755 g/mol. The van der Waals surface area contributed by atoms with Crippen molar-refractivity contribution in [2.45, 2.75) is 76.0 Å². The van der Waals surface area contributed by atoms with Crippen molar-refractivity contribution >= 4 is 43.6 Å². The highest BCUT2D eigenvalue weighted by Gasteiger charge is 2.22. The van der Waals surface area contributed by atoms with Crippen LogP contribution in [0.15, 0.2) is 164 Å². The van der Waals surface area contributed by atoms with Crippen LogP contribution < -0.4 is 0 Å². The summed E-state index contributed by atoms with van der Waals surface area (Å²) in [5, 5.41) is 5.28. The van der Waals surface area contributed by atoms with E-state index >= 15 is 0 Å².